The predicted molar refractivity (Wildman–Crippen MR) is 124 cm³/mol. The summed E-state index contributed by atoms with van der Waals surface area (Å²) in [4.78, 5) is 27.0. The number of thiocarbonyl (C=S) groups is 1. The number of nitrogens with zero attached hydrogens (tertiary/aromatic N) is 2. The number of thiazole rings is 1. The van der Waals surface area contributed by atoms with Crippen molar-refractivity contribution in [1.29, 1.82) is 0 Å². The molecular weight excluding hydrogens is 516 g/mol. The van der Waals surface area contributed by atoms with Crippen LogP contribution < -0.4 is 15.4 Å². The quantitative estimate of drug-likeness (QED) is 0.264. The minimum absolute atomic E-state index is 0.0197. The number of anilines is 1. The molecule has 12 heteroatoms. The number of aromatic nitrogens is 1. The number of benzene rings is 2. The van der Waals surface area contributed by atoms with Crippen molar-refractivity contribution < 1.29 is 14.5 Å². The van der Waals surface area contributed by atoms with E-state index in [0.717, 1.165) is 21.8 Å². The minimum atomic E-state index is -0.596. The average molecular weight is 528 g/mol. The van der Waals surface area contributed by atoms with Gasteiger partial charge in [-0.05, 0) is 52.4 Å². The van der Waals surface area contributed by atoms with Crippen LogP contribution in [0.25, 0.3) is 11.3 Å². The summed E-state index contributed by atoms with van der Waals surface area (Å²) in [6.45, 7) is 0. The Morgan fingerprint density at radius 1 is 1.33 bits per heavy atom. The first-order chi connectivity index (χ1) is 14.3. The highest BCUT2D eigenvalue weighted by Gasteiger charge is 2.16. The number of non-ortho nitro benzene ring substituents is 1. The highest BCUT2D eigenvalue weighted by Crippen LogP contribution is 2.32. The lowest BCUT2D eigenvalue weighted by molar-refractivity contribution is -0.384. The number of carbonyl (C=O) groups is 1. The van der Waals surface area contributed by atoms with Crippen molar-refractivity contribution in [2.75, 3.05) is 12.4 Å². The summed E-state index contributed by atoms with van der Waals surface area (Å²) in [6, 6.07) is 9.14. The van der Waals surface area contributed by atoms with Crippen molar-refractivity contribution in [3.05, 3.63) is 67.0 Å². The first kappa shape index (κ1) is 22.1. The number of rotatable bonds is 5. The molecule has 1 amide bonds. The Hall–Kier alpha value is -2.60. The number of nitro benzene ring substituents is 1. The van der Waals surface area contributed by atoms with Gasteiger partial charge in [0.05, 0.1) is 32.8 Å². The third-order valence-electron chi connectivity index (χ3n) is 3.81. The molecule has 0 aliphatic carbocycles. The Balaban J connectivity index is 1.66. The van der Waals surface area contributed by atoms with Gasteiger partial charge in [0.25, 0.3) is 11.6 Å². The van der Waals surface area contributed by atoms with Crippen LogP contribution in [0.2, 0.25) is 5.02 Å². The summed E-state index contributed by atoms with van der Waals surface area (Å²) < 4.78 is 6.02. The van der Waals surface area contributed by atoms with Crippen molar-refractivity contribution in [2.45, 2.75) is 0 Å². The fourth-order valence-corrected chi connectivity index (χ4v) is 4.17. The van der Waals surface area contributed by atoms with Crippen molar-refractivity contribution in [2.24, 2.45) is 0 Å². The third-order valence-corrected chi connectivity index (χ3v) is 5.70. The van der Waals surface area contributed by atoms with E-state index >= 15 is 0 Å². The Bertz CT molecular complexity index is 1150. The number of carbonyl (C=O) groups excluding carboxylic acids is 1. The Labute approximate surface area is 193 Å². The smallest absolute Gasteiger partial charge is 0.270 e. The van der Waals surface area contributed by atoms with Gasteiger partial charge in [-0.25, -0.2) is 4.98 Å². The van der Waals surface area contributed by atoms with E-state index in [1.165, 1.54) is 23.5 Å². The number of hydrogen-bond donors (Lipinski definition) is 2. The highest BCUT2D eigenvalue weighted by atomic mass is 79.9. The van der Waals surface area contributed by atoms with Gasteiger partial charge >= 0.3 is 0 Å². The van der Waals surface area contributed by atoms with Gasteiger partial charge in [0.2, 0.25) is 0 Å². The van der Waals surface area contributed by atoms with Crippen LogP contribution in [0.4, 0.5) is 10.8 Å². The summed E-state index contributed by atoms with van der Waals surface area (Å²) in [5.41, 5.74) is 1.45. The summed E-state index contributed by atoms with van der Waals surface area (Å²) in [6.07, 6.45) is 0. The maximum atomic E-state index is 12.3. The van der Waals surface area contributed by atoms with E-state index in [0.29, 0.717) is 10.9 Å². The van der Waals surface area contributed by atoms with Crippen LogP contribution >= 0.6 is 51.1 Å². The molecule has 0 atom stereocenters. The van der Waals surface area contributed by atoms with Gasteiger partial charge in [-0.3, -0.25) is 20.2 Å². The molecule has 0 aliphatic rings. The fraction of sp³-hybridized carbons (Fsp3) is 0.0556. The summed E-state index contributed by atoms with van der Waals surface area (Å²) in [5.74, 6) is 0.115. The van der Waals surface area contributed by atoms with Crippen LogP contribution in [0.15, 0.2) is 46.3 Å². The number of halogens is 2. The summed E-state index contributed by atoms with van der Waals surface area (Å²) in [5, 5.41) is 18.4. The largest absolute Gasteiger partial charge is 0.496 e. The first-order valence-electron chi connectivity index (χ1n) is 8.14. The molecule has 0 saturated heterocycles. The molecule has 154 valence electrons. The molecule has 3 rings (SSSR count). The molecule has 0 saturated carbocycles. The third kappa shape index (κ3) is 5.11. The average Bonchev–Trinajstić information content (AvgIpc) is 3.15. The second-order valence-corrected chi connectivity index (χ2v) is 8.24. The number of nitro groups is 1. The zero-order chi connectivity index (χ0) is 21.8. The molecule has 3 aromatic rings. The van der Waals surface area contributed by atoms with Crippen LogP contribution in [-0.2, 0) is 0 Å². The van der Waals surface area contributed by atoms with Gasteiger partial charge in [0.15, 0.2) is 10.2 Å². The minimum Gasteiger partial charge on any atom is -0.496 e. The number of ether oxygens (including phenoxy) is 1. The molecule has 8 nitrogen and oxygen atoms in total. The first-order valence-corrected chi connectivity index (χ1v) is 10.6. The van der Waals surface area contributed by atoms with Crippen molar-refractivity contribution in [3.8, 4) is 17.0 Å². The molecule has 0 unspecified atom stereocenters. The lowest BCUT2D eigenvalue weighted by Gasteiger charge is -2.08. The zero-order valence-electron chi connectivity index (χ0n) is 15.1. The molecule has 1 aromatic heterocycles. The monoisotopic (exact) mass is 526 g/mol. The number of amides is 1. The number of methoxy groups -OCH3 is 1. The van der Waals surface area contributed by atoms with E-state index in [-0.39, 0.29) is 21.4 Å². The molecule has 0 aliphatic heterocycles. The number of nitrogens with one attached hydrogen (secondary N) is 2. The zero-order valence-corrected chi connectivity index (χ0v) is 19.1. The maximum absolute atomic E-state index is 12.3. The Morgan fingerprint density at radius 3 is 2.73 bits per heavy atom. The molecule has 2 aromatic carbocycles. The van der Waals surface area contributed by atoms with Gasteiger partial charge in [-0.2, -0.15) is 0 Å². The Morgan fingerprint density at radius 2 is 2.10 bits per heavy atom. The van der Waals surface area contributed by atoms with E-state index in [9.17, 15) is 14.9 Å². The second kappa shape index (κ2) is 9.47. The van der Waals surface area contributed by atoms with E-state index in [2.05, 4.69) is 31.5 Å². The maximum Gasteiger partial charge on any atom is 0.270 e. The Kier molecular flexibility index (Phi) is 6.98. The standard InChI is InChI=1S/C18H12BrClN4O4S2/c1-28-15-5-2-9(6-12(15)19)14-8-30-18(21-14)23-17(29)22-16(25)11-4-3-10(24(26)27)7-13(11)20/h2-8H,1H3,(H2,21,22,23,25,29). The van der Waals surface area contributed by atoms with Crippen LogP contribution in [0.5, 0.6) is 5.75 Å². The van der Waals surface area contributed by atoms with Crippen molar-refractivity contribution >= 4 is 72.9 Å². The van der Waals surface area contributed by atoms with Crippen molar-refractivity contribution in [3.63, 3.8) is 0 Å². The number of hydrogen-bond acceptors (Lipinski definition) is 7. The van der Waals surface area contributed by atoms with Gasteiger partial charge in [0, 0.05) is 23.1 Å². The second-order valence-electron chi connectivity index (χ2n) is 5.72. The SMILES string of the molecule is COc1ccc(-c2csc(NC(=S)NC(=O)c3ccc([N+](=O)[O-])cc3Cl)n2)cc1Br. The highest BCUT2D eigenvalue weighted by molar-refractivity contribution is 9.10. The fourth-order valence-electron chi connectivity index (χ4n) is 2.39. The summed E-state index contributed by atoms with van der Waals surface area (Å²) in [7, 11) is 1.59. The molecular formula is C18H12BrClN4O4S2. The molecule has 0 bridgehead atoms. The summed E-state index contributed by atoms with van der Waals surface area (Å²) >= 11 is 15.9. The molecule has 30 heavy (non-hydrogen) atoms. The van der Waals surface area contributed by atoms with E-state index < -0.39 is 10.8 Å². The lowest BCUT2D eigenvalue weighted by atomic mass is 10.2. The van der Waals surface area contributed by atoms with Crippen LogP contribution in [-0.4, -0.2) is 28.0 Å². The predicted octanol–water partition coefficient (Wildman–Crippen LogP) is 5.27. The van der Waals surface area contributed by atoms with Gasteiger partial charge in [0.1, 0.15) is 5.75 Å². The van der Waals surface area contributed by atoms with Gasteiger partial charge in [-0.15, -0.1) is 11.3 Å². The van der Waals surface area contributed by atoms with Gasteiger partial charge in [-0.1, -0.05) is 11.6 Å². The van der Waals surface area contributed by atoms with E-state index in [1.807, 2.05) is 23.6 Å². The van der Waals surface area contributed by atoms with Crippen LogP contribution in [0, 0.1) is 10.1 Å². The molecule has 2 N–H and O–H groups in total. The van der Waals surface area contributed by atoms with Gasteiger partial charge < -0.3 is 10.1 Å². The van der Waals surface area contributed by atoms with Crippen molar-refractivity contribution in [1.82, 2.24) is 10.3 Å². The van der Waals surface area contributed by atoms with E-state index in [1.54, 1.807) is 7.11 Å². The molecule has 0 fully saturated rings. The lowest BCUT2D eigenvalue weighted by Crippen LogP contribution is -2.34. The normalized spacial score (nSPS) is 10.4. The molecule has 1 heterocycles. The molecule has 0 radical (unpaired) electrons. The van der Waals surface area contributed by atoms with Crippen LogP contribution in [0.3, 0.4) is 0 Å². The van der Waals surface area contributed by atoms with E-state index in [4.69, 9.17) is 28.6 Å². The molecule has 0 spiro atoms. The topological polar surface area (TPSA) is 106 Å². The van der Waals surface area contributed by atoms with Crippen LogP contribution in [0.1, 0.15) is 10.4 Å².